The first kappa shape index (κ1) is 34.4. The summed E-state index contributed by atoms with van der Waals surface area (Å²) in [6.45, 7) is 5.55. The van der Waals surface area contributed by atoms with Crippen molar-refractivity contribution < 1.29 is 19.6 Å². The standard InChI is InChI=1S/C43H40N6O3/c1-4-16-37-44-39(42(2,3)52)38(41(50)51)48(37)29-30-25-27-31(28-26-30)35-23-14-15-24-36(35)40-45-46-47-49(40)43(32-17-8-5-9-18-32,33-19-10-6-11-20-33)34-21-12-7-13-22-34/h5-15,17-28,39,52H,4,16,29H2,1-3H3/p+1. The lowest BCUT2D eigenvalue weighted by atomic mass is 9.77. The van der Waals surface area contributed by atoms with Crippen molar-refractivity contribution >= 4 is 17.5 Å². The number of carbonyl (C=O) groups is 1. The second kappa shape index (κ2) is 14.3. The van der Waals surface area contributed by atoms with Crippen molar-refractivity contribution in [2.45, 2.75) is 57.3 Å². The summed E-state index contributed by atoms with van der Waals surface area (Å²) in [6, 6.07) is 46.3. The largest absolute Gasteiger partial charge is 0.475 e. The number of aliphatic imine (C=N–C) groups is 1. The minimum atomic E-state index is -1.32. The van der Waals surface area contributed by atoms with Crippen molar-refractivity contribution in [3.63, 3.8) is 0 Å². The van der Waals surface area contributed by atoms with Crippen LogP contribution in [0.15, 0.2) is 145 Å². The second-order valence-electron chi connectivity index (χ2n) is 13.6. The van der Waals surface area contributed by atoms with E-state index in [-0.39, 0.29) is 5.71 Å². The van der Waals surface area contributed by atoms with Crippen LogP contribution >= 0.6 is 0 Å². The Bertz CT molecular complexity index is 2140. The summed E-state index contributed by atoms with van der Waals surface area (Å²) >= 11 is 0. The average Bonchev–Trinajstić information content (AvgIpc) is 3.80. The third kappa shape index (κ3) is 6.24. The Hall–Kier alpha value is -6.06. The fraction of sp³-hybridized carbons (Fsp3) is 0.209. The molecule has 6 aromatic rings. The molecule has 1 unspecified atom stereocenters. The fourth-order valence-corrected chi connectivity index (χ4v) is 7.28. The van der Waals surface area contributed by atoms with Crippen molar-refractivity contribution in [1.82, 2.24) is 20.2 Å². The van der Waals surface area contributed by atoms with Crippen LogP contribution < -0.4 is 0 Å². The van der Waals surface area contributed by atoms with Crippen molar-refractivity contribution in [2.75, 3.05) is 0 Å². The quantitative estimate of drug-likeness (QED) is 0.103. The van der Waals surface area contributed by atoms with E-state index in [0.29, 0.717) is 24.6 Å². The zero-order valence-corrected chi connectivity index (χ0v) is 29.5. The molecule has 0 fully saturated rings. The van der Waals surface area contributed by atoms with Crippen LogP contribution in [0, 0.1) is 0 Å². The molecule has 52 heavy (non-hydrogen) atoms. The SMILES string of the molecule is CCCC1=NC(C(C)(C)O)C(C(=O)O)=[N+]1Cc1ccc(-c2ccccc2-c2nnnn2C(c2ccccc2)(c2ccccc2)c2ccccc2)cc1. The maximum absolute atomic E-state index is 12.5. The molecule has 1 aliphatic heterocycles. The molecular weight excluding hydrogens is 649 g/mol. The maximum atomic E-state index is 12.5. The molecule has 0 spiro atoms. The summed E-state index contributed by atoms with van der Waals surface area (Å²) in [5.74, 6) is 0.196. The minimum absolute atomic E-state index is 0.0935. The topological polar surface area (TPSA) is 116 Å². The van der Waals surface area contributed by atoms with Gasteiger partial charge in [0.1, 0.15) is 17.7 Å². The molecule has 0 aliphatic carbocycles. The molecule has 0 radical (unpaired) electrons. The molecule has 9 nitrogen and oxygen atoms in total. The van der Waals surface area contributed by atoms with Gasteiger partial charge in [0.2, 0.25) is 11.8 Å². The van der Waals surface area contributed by atoms with Crippen LogP contribution in [0.25, 0.3) is 22.5 Å². The highest BCUT2D eigenvalue weighted by Crippen LogP contribution is 2.43. The van der Waals surface area contributed by atoms with Gasteiger partial charge in [-0.15, -0.1) is 5.10 Å². The number of carboxylic acids is 1. The van der Waals surface area contributed by atoms with Crippen LogP contribution in [-0.4, -0.2) is 64.2 Å². The van der Waals surface area contributed by atoms with Gasteiger partial charge >= 0.3 is 5.97 Å². The number of aromatic nitrogens is 4. The number of nitrogens with zero attached hydrogens (tertiary/aromatic N) is 6. The molecule has 0 amide bonds. The average molecular weight is 690 g/mol. The van der Waals surface area contributed by atoms with E-state index in [2.05, 4.69) is 57.8 Å². The van der Waals surface area contributed by atoms with E-state index in [1.807, 2.05) is 109 Å². The maximum Gasteiger partial charge on any atom is 0.376 e. The Morgan fingerprint density at radius 1 is 0.750 bits per heavy atom. The van der Waals surface area contributed by atoms with E-state index < -0.39 is 23.2 Å². The van der Waals surface area contributed by atoms with Gasteiger partial charge in [-0.2, -0.15) is 0 Å². The first-order chi connectivity index (χ1) is 25.2. The molecule has 2 heterocycles. The number of aliphatic carboxylic acids is 1. The van der Waals surface area contributed by atoms with E-state index in [0.717, 1.165) is 45.4 Å². The summed E-state index contributed by atoms with van der Waals surface area (Å²) in [7, 11) is 0. The highest BCUT2D eigenvalue weighted by Gasteiger charge is 2.49. The lowest BCUT2D eigenvalue weighted by molar-refractivity contribution is -0.425. The molecule has 0 saturated heterocycles. The molecule has 5 aromatic carbocycles. The monoisotopic (exact) mass is 689 g/mol. The van der Waals surface area contributed by atoms with Gasteiger partial charge in [0, 0.05) is 5.56 Å². The van der Waals surface area contributed by atoms with Gasteiger partial charge in [-0.1, -0.05) is 151 Å². The summed E-state index contributed by atoms with van der Waals surface area (Å²) < 4.78 is 3.69. The predicted octanol–water partition coefficient (Wildman–Crippen LogP) is 7.24. The van der Waals surface area contributed by atoms with Crippen LogP contribution in [0.2, 0.25) is 0 Å². The van der Waals surface area contributed by atoms with Gasteiger partial charge in [0.05, 0.1) is 6.42 Å². The number of tetrazole rings is 1. The minimum Gasteiger partial charge on any atom is -0.475 e. The van der Waals surface area contributed by atoms with E-state index in [1.54, 1.807) is 18.4 Å². The summed E-state index contributed by atoms with van der Waals surface area (Å²) in [5.41, 5.74) is 4.61. The predicted molar refractivity (Wildman–Crippen MR) is 202 cm³/mol. The van der Waals surface area contributed by atoms with Crippen LogP contribution in [0.5, 0.6) is 0 Å². The van der Waals surface area contributed by atoms with Gasteiger partial charge in [-0.05, 0) is 64.1 Å². The lowest BCUT2D eigenvalue weighted by Gasteiger charge is -2.36. The van der Waals surface area contributed by atoms with E-state index in [9.17, 15) is 15.0 Å². The van der Waals surface area contributed by atoms with Gasteiger partial charge in [-0.3, -0.25) is 0 Å². The van der Waals surface area contributed by atoms with Gasteiger partial charge in [0.25, 0.3) is 5.84 Å². The molecule has 7 rings (SSSR count). The fourth-order valence-electron chi connectivity index (χ4n) is 7.28. The van der Waals surface area contributed by atoms with Gasteiger partial charge in [0.15, 0.2) is 5.82 Å². The second-order valence-corrected chi connectivity index (χ2v) is 13.6. The molecule has 1 aliphatic rings. The van der Waals surface area contributed by atoms with Crippen molar-refractivity contribution in [1.29, 1.82) is 0 Å². The first-order valence-corrected chi connectivity index (χ1v) is 17.5. The third-order valence-corrected chi connectivity index (χ3v) is 9.64. The highest BCUT2D eigenvalue weighted by atomic mass is 16.4. The van der Waals surface area contributed by atoms with Crippen molar-refractivity contribution in [2.24, 2.45) is 4.99 Å². The summed E-state index contributed by atoms with van der Waals surface area (Å²) in [4.78, 5) is 17.2. The number of benzene rings is 5. The zero-order valence-electron chi connectivity index (χ0n) is 29.5. The van der Waals surface area contributed by atoms with E-state index >= 15 is 0 Å². The normalized spacial score (nSPS) is 14.8. The number of hydrogen-bond donors (Lipinski definition) is 2. The number of amidine groups is 1. The first-order valence-electron chi connectivity index (χ1n) is 17.5. The Balaban J connectivity index is 1.33. The number of carboxylic acid groups (broad SMARTS) is 1. The van der Waals surface area contributed by atoms with Gasteiger partial charge in [-0.25, -0.2) is 14.1 Å². The number of aliphatic hydroxyl groups is 1. The molecular formula is C43H41N6O3+. The van der Waals surface area contributed by atoms with E-state index in [4.69, 9.17) is 5.21 Å². The van der Waals surface area contributed by atoms with Crippen LogP contribution in [-0.2, 0) is 16.9 Å². The van der Waals surface area contributed by atoms with Crippen LogP contribution in [0.1, 0.15) is 55.9 Å². The third-order valence-electron chi connectivity index (χ3n) is 9.64. The van der Waals surface area contributed by atoms with Crippen molar-refractivity contribution in [3.05, 3.63) is 162 Å². The summed E-state index contributed by atoms with van der Waals surface area (Å²) in [6.07, 6.45) is 1.41. The smallest absolute Gasteiger partial charge is 0.376 e. The van der Waals surface area contributed by atoms with Crippen molar-refractivity contribution in [3.8, 4) is 22.5 Å². The number of rotatable bonds is 12. The van der Waals surface area contributed by atoms with Gasteiger partial charge < -0.3 is 10.2 Å². The lowest BCUT2D eigenvalue weighted by Crippen LogP contribution is -2.44. The molecule has 1 atom stereocenters. The highest BCUT2D eigenvalue weighted by molar-refractivity contribution is 6.37. The molecule has 0 bridgehead atoms. The van der Waals surface area contributed by atoms with Crippen LogP contribution in [0.4, 0.5) is 0 Å². The van der Waals surface area contributed by atoms with E-state index in [1.165, 1.54) is 0 Å². The molecule has 1 aromatic heterocycles. The molecule has 260 valence electrons. The van der Waals surface area contributed by atoms with Crippen LogP contribution in [0.3, 0.4) is 0 Å². The Morgan fingerprint density at radius 3 is 1.77 bits per heavy atom. The molecule has 2 N–H and O–H groups in total. The number of hydrogen-bond acceptors (Lipinski definition) is 6. The molecule has 0 saturated carbocycles. The Labute approximate surface area is 303 Å². The summed E-state index contributed by atoms with van der Waals surface area (Å²) in [5, 5.41) is 34.7. The molecule has 9 heteroatoms. The zero-order chi connectivity index (χ0) is 36.3. The Kier molecular flexibility index (Phi) is 9.45. The Morgan fingerprint density at radius 2 is 1.27 bits per heavy atom.